The highest BCUT2D eigenvalue weighted by atomic mass is 32.2. The van der Waals surface area contributed by atoms with Crippen LogP contribution >= 0.6 is 11.3 Å². The van der Waals surface area contributed by atoms with Gasteiger partial charge in [-0.25, -0.2) is 17.8 Å². The van der Waals surface area contributed by atoms with Crippen LogP contribution in [0.3, 0.4) is 0 Å². The topological polar surface area (TPSA) is 76.1 Å². The number of carbonyl (C=O) groups is 1. The fraction of sp³-hybridized carbons (Fsp3) is 0.158. The molecule has 0 aliphatic rings. The molecule has 3 aromatic rings. The lowest BCUT2D eigenvalue weighted by atomic mass is 10.1. The summed E-state index contributed by atoms with van der Waals surface area (Å²) in [5.74, 6) is -4.43. The number of carbonyl (C=O) groups excluding carboxylic acids is 1. The van der Waals surface area contributed by atoms with Crippen molar-refractivity contribution < 1.29 is 26.4 Å². The van der Waals surface area contributed by atoms with Crippen molar-refractivity contribution in [2.45, 2.75) is 24.0 Å². The Morgan fingerprint density at radius 3 is 2.41 bits per heavy atom. The number of hydrogen-bond acceptors (Lipinski definition) is 5. The molecule has 29 heavy (non-hydrogen) atoms. The maximum atomic E-state index is 13.8. The molecule has 1 amide bonds. The van der Waals surface area contributed by atoms with Crippen LogP contribution in [0.2, 0.25) is 0 Å². The van der Waals surface area contributed by atoms with Crippen molar-refractivity contribution in [1.29, 1.82) is 0 Å². The van der Waals surface area contributed by atoms with Gasteiger partial charge in [-0.3, -0.25) is 10.1 Å². The van der Waals surface area contributed by atoms with Gasteiger partial charge in [0.2, 0.25) is 9.84 Å². The zero-order valence-electron chi connectivity index (χ0n) is 15.0. The van der Waals surface area contributed by atoms with E-state index in [-0.39, 0.29) is 11.4 Å². The van der Waals surface area contributed by atoms with Crippen LogP contribution in [0.25, 0.3) is 0 Å². The van der Waals surface area contributed by atoms with Gasteiger partial charge in [0.15, 0.2) is 5.13 Å². The van der Waals surface area contributed by atoms with Crippen molar-refractivity contribution in [3.63, 3.8) is 0 Å². The predicted octanol–water partition coefficient (Wildman–Crippen LogP) is 4.43. The summed E-state index contributed by atoms with van der Waals surface area (Å²) in [4.78, 5) is 16.8. The Kier molecular flexibility index (Phi) is 6.04. The second-order valence-electron chi connectivity index (χ2n) is 6.08. The van der Waals surface area contributed by atoms with Crippen LogP contribution < -0.4 is 5.32 Å². The zero-order valence-corrected chi connectivity index (χ0v) is 16.7. The summed E-state index contributed by atoms with van der Waals surface area (Å²) in [6, 6.07) is 10.6. The second kappa shape index (κ2) is 8.34. The molecule has 0 aliphatic heterocycles. The van der Waals surface area contributed by atoms with Gasteiger partial charge in [0.05, 0.1) is 10.6 Å². The molecular formula is C19H15F3N2O3S2. The number of nitrogens with zero attached hydrogens (tertiary/aromatic N) is 1. The number of sulfone groups is 1. The summed E-state index contributed by atoms with van der Waals surface area (Å²) < 4.78 is 61.8. The van der Waals surface area contributed by atoms with Crippen LogP contribution in [0.1, 0.15) is 26.5 Å². The Morgan fingerprint density at radius 2 is 1.79 bits per heavy atom. The molecule has 2 aromatic carbocycles. The van der Waals surface area contributed by atoms with E-state index in [4.69, 9.17) is 0 Å². The van der Waals surface area contributed by atoms with Crippen molar-refractivity contribution in [2.75, 3.05) is 5.32 Å². The lowest BCUT2D eigenvalue weighted by Crippen LogP contribution is -2.14. The summed E-state index contributed by atoms with van der Waals surface area (Å²) in [5, 5.41) is 2.87. The van der Waals surface area contributed by atoms with Crippen molar-refractivity contribution in [3.8, 4) is 0 Å². The number of amides is 1. The van der Waals surface area contributed by atoms with Crippen LogP contribution in [0.5, 0.6) is 0 Å². The molecule has 0 radical (unpaired) electrons. The van der Waals surface area contributed by atoms with E-state index in [1.807, 2.05) is 0 Å². The number of aryl methyl sites for hydroxylation is 1. The highest BCUT2D eigenvalue weighted by Gasteiger charge is 2.26. The van der Waals surface area contributed by atoms with Crippen molar-refractivity contribution in [3.05, 3.63) is 76.0 Å². The van der Waals surface area contributed by atoms with Crippen molar-refractivity contribution in [1.82, 2.24) is 4.98 Å². The summed E-state index contributed by atoms with van der Waals surface area (Å²) in [7, 11) is -4.72. The Hall–Kier alpha value is -2.72. The summed E-state index contributed by atoms with van der Waals surface area (Å²) >= 11 is 1.19. The van der Waals surface area contributed by atoms with Gasteiger partial charge in [0.25, 0.3) is 5.91 Å². The standard InChI is InChI=1S/C19H15F3N2O3S2/c1-11-16(10-13-4-2-3-5-15(13)20)28-19(23-11)24-17(25)12-6-8-14(9-7-12)29(26,27)18(21)22/h2-9,18H,10H2,1H3,(H,23,24,25). The number of aromatic nitrogens is 1. The Labute approximate surface area is 169 Å². The number of benzene rings is 2. The van der Waals surface area contributed by atoms with Crippen molar-refractivity contribution >= 4 is 32.2 Å². The first-order valence-corrected chi connectivity index (χ1v) is 10.7. The maximum absolute atomic E-state index is 13.8. The third kappa shape index (κ3) is 4.65. The van der Waals surface area contributed by atoms with Crippen LogP contribution in [0, 0.1) is 12.7 Å². The van der Waals surface area contributed by atoms with Gasteiger partial charge >= 0.3 is 5.76 Å². The third-order valence-corrected chi connectivity index (χ3v) is 6.57. The SMILES string of the molecule is Cc1nc(NC(=O)c2ccc(S(=O)(=O)C(F)F)cc2)sc1Cc1ccccc1F. The molecule has 0 saturated heterocycles. The quantitative estimate of drug-likeness (QED) is 0.615. The molecule has 10 heteroatoms. The molecule has 0 spiro atoms. The minimum Gasteiger partial charge on any atom is -0.298 e. The Balaban J connectivity index is 1.74. The van der Waals surface area contributed by atoms with E-state index in [1.165, 1.54) is 17.4 Å². The molecule has 0 atom stereocenters. The first-order chi connectivity index (χ1) is 13.7. The first kappa shape index (κ1) is 21.0. The molecule has 0 unspecified atom stereocenters. The average molecular weight is 440 g/mol. The number of rotatable bonds is 6. The first-order valence-electron chi connectivity index (χ1n) is 8.31. The number of anilines is 1. The molecule has 0 aliphatic carbocycles. The number of nitrogens with one attached hydrogen (secondary N) is 1. The van der Waals surface area contributed by atoms with Crippen LogP contribution in [0.15, 0.2) is 53.4 Å². The monoisotopic (exact) mass is 440 g/mol. The highest BCUT2D eigenvalue weighted by molar-refractivity contribution is 7.91. The van der Waals surface area contributed by atoms with Gasteiger partial charge in [0, 0.05) is 16.9 Å². The second-order valence-corrected chi connectivity index (χ2v) is 9.08. The van der Waals surface area contributed by atoms with Gasteiger partial charge in [0.1, 0.15) is 5.82 Å². The van der Waals surface area contributed by atoms with E-state index in [0.29, 0.717) is 22.8 Å². The molecule has 3 rings (SSSR count). The Bertz CT molecular complexity index is 1140. The predicted molar refractivity (Wildman–Crippen MR) is 104 cm³/mol. The maximum Gasteiger partial charge on any atom is 0.341 e. The van der Waals surface area contributed by atoms with Crippen LogP contribution in [0.4, 0.5) is 18.3 Å². The van der Waals surface area contributed by atoms with E-state index in [0.717, 1.165) is 29.1 Å². The van der Waals surface area contributed by atoms with Gasteiger partial charge in [-0.1, -0.05) is 18.2 Å². The van der Waals surface area contributed by atoms with Gasteiger partial charge < -0.3 is 0 Å². The van der Waals surface area contributed by atoms with E-state index >= 15 is 0 Å². The third-order valence-electron chi connectivity index (χ3n) is 4.10. The van der Waals surface area contributed by atoms with Crippen molar-refractivity contribution in [2.24, 2.45) is 0 Å². The lowest BCUT2D eigenvalue weighted by Gasteiger charge is -2.05. The van der Waals surface area contributed by atoms with E-state index in [1.54, 1.807) is 25.1 Å². The largest absolute Gasteiger partial charge is 0.341 e. The normalized spacial score (nSPS) is 11.6. The van der Waals surface area contributed by atoms with Crippen LogP contribution in [-0.4, -0.2) is 25.1 Å². The van der Waals surface area contributed by atoms with Gasteiger partial charge in [-0.2, -0.15) is 8.78 Å². The zero-order chi connectivity index (χ0) is 21.2. The lowest BCUT2D eigenvalue weighted by molar-refractivity contribution is 0.102. The van der Waals surface area contributed by atoms with Gasteiger partial charge in [-0.15, -0.1) is 11.3 Å². The smallest absolute Gasteiger partial charge is 0.298 e. The summed E-state index contributed by atoms with van der Waals surface area (Å²) in [6.07, 6.45) is 0.326. The summed E-state index contributed by atoms with van der Waals surface area (Å²) in [6.45, 7) is 1.74. The minimum atomic E-state index is -4.72. The highest BCUT2D eigenvalue weighted by Crippen LogP contribution is 2.27. The summed E-state index contributed by atoms with van der Waals surface area (Å²) in [5.41, 5.74) is 1.24. The minimum absolute atomic E-state index is 0.0849. The van der Waals surface area contributed by atoms with E-state index < -0.39 is 26.4 Å². The van der Waals surface area contributed by atoms with E-state index in [9.17, 15) is 26.4 Å². The molecule has 5 nitrogen and oxygen atoms in total. The number of halogens is 3. The average Bonchev–Trinajstić information content (AvgIpc) is 3.02. The van der Waals surface area contributed by atoms with Gasteiger partial charge in [-0.05, 0) is 42.8 Å². The molecule has 0 saturated carbocycles. The molecule has 0 bridgehead atoms. The molecular weight excluding hydrogens is 425 g/mol. The van der Waals surface area contributed by atoms with E-state index in [2.05, 4.69) is 10.3 Å². The molecule has 1 aromatic heterocycles. The number of alkyl halides is 2. The number of thiazole rings is 1. The molecule has 1 N–H and O–H groups in total. The number of hydrogen-bond donors (Lipinski definition) is 1. The Morgan fingerprint density at radius 1 is 1.14 bits per heavy atom. The molecule has 0 fully saturated rings. The van der Waals surface area contributed by atoms with Crippen LogP contribution in [-0.2, 0) is 16.3 Å². The fourth-order valence-corrected chi connectivity index (χ4v) is 4.23. The fourth-order valence-electron chi connectivity index (χ4n) is 2.53. The molecule has 152 valence electrons. The molecule has 1 heterocycles.